The van der Waals surface area contributed by atoms with Crippen LogP contribution >= 0.6 is 0 Å². The minimum atomic E-state index is -0.436. The standard InChI is InChI=1S/C9H15NO2/c1-6(2)7-9(8(11)10-7)4-3-5-12-9/h6-7H,3-5H2,1-2H3,(H,10,11). The van der Waals surface area contributed by atoms with Crippen molar-refractivity contribution in [2.45, 2.75) is 38.3 Å². The van der Waals surface area contributed by atoms with Crippen LogP contribution in [0, 0.1) is 5.92 Å². The number of hydrogen-bond acceptors (Lipinski definition) is 2. The molecule has 2 saturated heterocycles. The molecule has 2 heterocycles. The largest absolute Gasteiger partial charge is 0.363 e. The molecule has 2 aliphatic rings. The summed E-state index contributed by atoms with van der Waals surface area (Å²) in [5.74, 6) is 0.569. The van der Waals surface area contributed by atoms with Gasteiger partial charge in [0.05, 0.1) is 6.04 Å². The van der Waals surface area contributed by atoms with Crippen molar-refractivity contribution in [3.05, 3.63) is 0 Å². The molecule has 2 fully saturated rings. The maximum absolute atomic E-state index is 11.3. The van der Waals surface area contributed by atoms with E-state index in [1.807, 2.05) is 0 Å². The molecule has 3 heteroatoms. The van der Waals surface area contributed by atoms with Crippen molar-refractivity contribution < 1.29 is 9.53 Å². The zero-order chi connectivity index (χ0) is 8.77. The van der Waals surface area contributed by atoms with Gasteiger partial charge < -0.3 is 10.1 Å². The monoisotopic (exact) mass is 169 g/mol. The summed E-state index contributed by atoms with van der Waals surface area (Å²) in [4.78, 5) is 11.3. The van der Waals surface area contributed by atoms with Gasteiger partial charge in [-0.15, -0.1) is 0 Å². The van der Waals surface area contributed by atoms with E-state index < -0.39 is 5.60 Å². The predicted octanol–water partition coefficient (Wildman–Crippen LogP) is 0.690. The van der Waals surface area contributed by atoms with Crippen molar-refractivity contribution in [2.24, 2.45) is 5.92 Å². The first-order chi connectivity index (χ1) is 5.67. The maximum Gasteiger partial charge on any atom is 0.254 e. The number of ether oxygens (including phenoxy) is 1. The van der Waals surface area contributed by atoms with Gasteiger partial charge in [-0.1, -0.05) is 13.8 Å². The Balaban J connectivity index is 2.15. The third-order valence-electron chi connectivity index (χ3n) is 2.89. The minimum Gasteiger partial charge on any atom is -0.363 e. The molecule has 0 radical (unpaired) electrons. The van der Waals surface area contributed by atoms with Gasteiger partial charge in [-0.2, -0.15) is 0 Å². The number of carbonyl (C=O) groups excluding carboxylic acids is 1. The van der Waals surface area contributed by atoms with Crippen LogP contribution < -0.4 is 5.32 Å². The highest BCUT2D eigenvalue weighted by Crippen LogP contribution is 2.38. The van der Waals surface area contributed by atoms with Crippen molar-refractivity contribution in [1.29, 1.82) is 0 Å². The minimum absolute atomic E-state index is 0.0960. The quantitative estimate of drug-likeness (QED) is 0.586. The van der Waals surface area contributed by atoms with E-state index in [-0.39, 0.29) is 11.9 Å². The normalized spacial score (nSPS) is 40.2. The van der Waals surface area contributed by atoms with Crippen LogP contribution in [0.4, 0.5) is 0 Å². The third-order valence-corrected chi connectivity index (χ3v) is 2.89. The van der Waals surface area contributed by atoms with E-state index in [9.17, 15) is 4.79 Å². The van der Waals surface area contributed by atoms with E-state index in [4.69, 9.17) is 4.74 Å². The van der Waals surface area contributed by atoms with Gasteiger partial charge in [0, 0.05) is 6.61 Å². The second-order valence-corrected chi connectivity index (χ2v) is 4.04. The van der Waals surface area contributed by atoms with Gasteiger partial charge in [0.1, 0.15) is 0 Å². The van der Waals surface area contributed by atoms with Crippen molar-refractivity contribution in [2.75, 3.05) is 6.61 Å². The summed E-state index contributed by atoms with van der Waals surface area (Å²) >= 11 is 0. The molecule has 68 valence electrons. The van der Waals surface area contributed by atoms with Crippen LogP contribution in [0.5, 0.6) is 0 Å². The van der Waals surface area contributed by atoms with Gasteiger partial charge in [-0.25, -0.2) is 0 Å². The molecule has 0 aromatic carbocycles. The highest BCUT2D eigenvalue weighted by Gasteiger charge is 2.58. The second kappa shape index (κ2) is 2.46. The molecular formula is C9H15NO2. The van der Waals surface area contributed by atoms with Gasteiger partial charge >= 0.3 is 0 Å². The summed E-state index contributed by atoms with van der Waals surface area (Å²) in [6.07, 6.45) is 1.93. The predicted molar refractivity (Wildman–Crippen MR) is 44.7 cm³/mol. The van der Waals surface area contributed by atoms with E-state index in [2.05, 4.69) is 19.2 Å². The number of nitrogens with one attached hydrogen (secondary N) is 1. The van der Waals surface area contributed by atoms with Gasteiger partial charge in [-0.3, -0.25) is 4.79 Å². The second-order valence-electron chi connectivity index (χ2n) is 4.04. The highest BCUT2D eigenvalue weighted by atomic mass is 16.5. The van der Waals surface area contributed by atoms with Crippen LogP contribution in [0.1, 0.15) is 26.7 Å². The van der Waals surface area contributed by atoms with Crippen LogP contribution in [0.25, 0.3) is 0 Å². The van der Waals surface area contributed by atoms with Crippen molar-refractivity contribution in [3.63, 3.8) is 0 Å². The lowest BCUT2D eigenvalue weighted by molar-refractivity contribution is -0.166. The average molecular weight is 169 g/mol. The first kappa shape index (κ1) is 8.05. The topological polar surface area (TPSA) is 38.3 Å². The zero-order valence-electron chi connectivity index (χ0n) is 7.59. The SMILES string of the molecule is CC(C)C1NC(=O)C12CCCO2. The van der Waals surface area contributed by atoms with Crippen LogP contribution in [-0.2, 0) is 9.53 Å². The summed E-state index contributed by atoms with van der Waals surface area (Å²) in [5.41, 5.74) is -0.436. The van der Waals surface area contributed by atoms with E-state index in [0.717, 1.165) is 19.4 Å². The molecule has 2 atom stereocenters. The summed E-state index contributed by atoms with van der Waals surface area (Å²) in [6, 6.07) is 0.243. The maximum atomic E-state index is 11.3. The summed E-state index contributed by atoms with van der Waals surface area (Å²) in [6.45, 7) is 4.98. The zero-order valence-corrected chi connectivity index (χ0v) is 7.59. The Morgan fingerprint density at radius 3 is 2.83 bits per heavy atom. The lowest BCUT2D eigenvalue weighted by atomic mass is 9.76. The highest BCUT2D eigenvalue weighted by molar-refractivity contribution is 5.93. The molecule has 0 aliphatic carbocycles. The van der Waals surface area contributed by atoms with Gasteiger partial charge in [-0.05, 0) is 18.8 Å². The molecule has 12 heavy (non-hydrogen) atoms. The van der Waals surface area contributed by atoms with Crippen LogP contribution in [0.2, 0.25) is 0 Å². The van der Waals surface area contributed by atoms with Crippen LogP contribution in [0.3, 0.4) is 0 Å². The van der Waals surface area contributed by atoms with E-state index in [0.29, 0.717) is 5.92 Å². The van der Waals surface area contributed by atoms with Gasteiger partial charge in [0.15, 0.2) is 5.60 Å². The fraction of sp³-hybridized carbons (Fsp3) is 0.889. The summed E-state index contributed by atoms with van der Waals surface area (Å²) < 4.78 is 5.55. The number of amides is 1. The summed E-state index contributed by atoms with van der Waals surface area (Å²) in [5, 5.41) is 2.91. The van der Waals surface area contributed by atoms with Crippen LogP contribution in [0.15, 0.2) is 0 Å². The van der Waals surface area contributed by atoms with Crippen molar-refractivity contribution in [3.8, 4) is 0 Å². The Morgan fingerprint density at radius 2 is 2.42 bits per heavy atom. The molecule has 1 amide bonds. The molecule has 1 spiro atoms. The van der Waals surface area contributed by atoms with E-state index >= 15 is 0 Å². The lowest BCUT2D eigenvalue weighted by Gasteiger charge is -2.47. The fourth-order valence-corrected chi connectivity index (χ4v) is 2.23. The number of carbonyl (C=O) groups is 1. The van der Waals surface area contributed by atoms with Gasteiger partial charge in [0.2, 0.25) is 0 Å². The number of β-lactam (4-membered cyclic amide) rings is 1. The Bertz CT molecular complexity index is 207. The molecule has 0 aromatic rings. The van der Waals surface area contributed by atoms with Crippen molar-refractivity contribution >= 4 is 5.91 Å². The molecule has 0 bridgehead atoms. The van der Waals surface area contributed by atoms with Crippen LogP contribution in [-0.4, -0.2) is 24.2 Å². The fourth-order valence-electron chi connectivity index (χ4n) is 2.23. The smallest absolute Gasteiger partial charge is 0.254 e. The number of rotatable bonds is 1. The lowest BCUT2D eigenvalue weighted by Crippen LogP contribution is -2.73. The molecule has 0 saturated carbocycles. The molecule has 0 aromatic heterocycles. The number of hydrogen-bond donors (Lipinski definition) is 1. The molecular weight excluding hydrogens is 154 g/mol. The molecule has 2 unspecified atom stereocenters. The molecule has 1 N–H and O–H groups in total. The summed E-state index contributed by atoms with van der Waals surface area (Å²) in [7, 11) is 0. The Labute approximate surface area is 72.5 Å². The first-order valence-corrected chi connectivity index (χ1v) is 4.62. The Hall–Kier alpha value is -0.570. The average Bonchev–Trinajstić information content (AvgIpc) is 2.49. The molecule has 2 aliphatic heterocycles. The van der Waals surface area contributed by atoms with Crippen molar-refractivity contribution in [1.82, 2.24) is 5.32 Å². The molecule has 2 rings (SSSR count). The molecule has 3 nitrogen and oxygen atoms in total. The van der Waals surface area contributed by atoms with E-state index in [1.165, 1.54) is 0 Å². The van der Waals surface area contributed by atoms with E-state index in [1.54, 1.807) is 0 Å². The van der Waals surface area contributed by atoms with Gasteiger partial charge in [0.25, 0.3) is 5.91 Å². The Kier molecular flexibility index (Phi) is 1.65. The Morgan fingerprint density at radius 1 is 1.67 bits per heavy atom. The first-order valence-electron chi connectivity index (χ1n) is 4.62. The third kappa shape index (κ3) is 0.829.